The lowest BCUT2D eigenvalue weighted by Gasteiger charge is -2.22. The molecule has 1 aliphatic heterocycles. The van der Waals surface area contributed by atoms with Gasteiger partial charge in [0.1, 0.15) is 24.7 Å². The van der Waals surface area contributed by atoms with Crippen LogP contribution in [0.25, 0.3) is 0 Å². The molecular weight excluding hydrogens is 421 g/mol. The van der Waals surface area contributed by atoms with E-state index in [1.165, 1.54) is 31.4 Å². The summed E-state index contributed by atoms with van der Waals surface area (Å²) in [5.74, 6) is 0.335. The summed E-state index contributed by atoms with van der Waals surface area (Å²) in [5.41, 5.74) is 3.17. The van der Waals surface area contributed by atoms with E-state index in [0.717, 1.165) is 24.0 Å². The van der Waals surface area contributed by atoms with E-state index in [1.807, 2.05) is 18.2 Å². The molecular formula is C27H28FNO4. The van der Waals surface area contributed by atoms with Gasteiger partial charge in [-0.25, -0.2) is 4.39 Å². The van der Waals surface area contributed by atoms with E-state index in [9.17, 15) is 14.0 Å². The number of carbonyl (C=O) groups excluding carboxylic acids is 2. The summed E-state index contributed by atoms with van der Waals surface area (Å²) in [5, 5.41) is 0. The van der Waals surface area contributed by atoms with Gasteiger partial charge < -0.3 is 9.47 Å². The topological polar surface area (TPSA) is 65.0 Å². The van der Waals surface area contributed by atoms with Gasteiger partial charge in [0, 0.05) is 36.2 Å². The molecule has 2 aromatic carbocycles. The van der Waals surface area contributed by atoms with Crippen LogP contribution in [0, 0.1) is 11.7 Å². The molecule has 0 spiro atoms. The van der Waals surface area contributed by atoms with Crippen LogP contribution in [-0.4, -0.2) is 37.5 Å². The van der Waals surface area contributed by atoms with Crippen LogP contribution in [0.3, 0.4) is 0 Å². The van der Waals surface area contributed by atoms with Crippen molar-refractivity contribution in [1.82, 2.24) is 0 Å². The van der Waals surface area contributed by atoms with E-state index >= 15 is 0 Å². The van der Waals surface area contributed by atoms with Gasteiger partial charge in [0.2, 0.25) is 0 Å². The molecule has 2 aliphatic carbocycles. The van der Waals surface area contributed by atoms with Crippen LogP contribution >= 0.6 is 0 Å². The lowest BCUT2D eigenvalue weighted by atomic mass is 9.84. The standard InChI is InChI=1S/C27H28FNO4/c1-29-25-20-8-7-17(23(30)11-16-5-3-2-4-6-16)13-21(20)22(26(25)31)14-18-12-19(28)15-24-27(18)33-10-9-32-24/h7-8,12-13,15-16,22H,2-6,9-11,14H2,1H3. The Labute approximate surface area is 193 Å². The van der Waals surface area contributed by atoms with E-state index < -0.39 is 11.7 Å². The van der Waals surface area contributed by atoms with Crippen molar-refractivity contribution in [2.75, 3.05) is 20.3 Å². The van der Waals surface area contributed by atoms with Gasteiger partial charge in [0.25, 0.3) is 0 Å². The number of Topliss-reactive ketones (excluding diaryl/α,β-unsaturated/α-hetero) is 2. The molecule has 0 aromatic heterocycles. The molecule has 6 heteroatoms. The smallest absolute Gasteiger partial charge is 0.189 e. The normalized spacial score (nSPS) is 21.3. The molecule has 1 unspecified atom stereocenters. The van der Waals surface area contributed by atoms with E-state index in [1.54, 1.807) is 7.05 Å². The van der Waals surface area contributed by atoms with Crippen LogP contribution in [0.1, 0.15) is 71.5 Å². The predicted molar refractivity (Wildman–Crippen MR) is 123 cm³/mol. The summed E-state index contributed by atoms with van der Waals surface area (Å²) >= 11 is 0. The monoisotopic (exact) mass is 449 g/mol. The van der Waals surface area contributed by atoms with E-state index in [4.69, 9.17) is 9.47 Å². The Balaban J connectivity index is 1.47. The van der Waals surface area contributed by atoms with Crippen LogP contribution < -0.4 is 9.47 Å². The number of ketones is 2. The summed E-state index contributed by atoms with van der Waals surface area (Å²) in [6, 6.07) is 8.21. The Morgan fingerprint density at radius 1 is 1.09 bits per heavy atom. The van der Waals surface area contributed by atoms with E-state index in [0.29, 0.717) is 53.9 Å². The number of hydrogen-bond acceptors (Lipinski definition) is 5. The lowest BCUT2D eigenvalue weighted by molar-refractivity contribution is -0.113. The first-order valence-electron chi connectivity index (χ1n) is 11.8. The Bertz CT molecular complexity index is 1130. The number of benzene rings is 2. The third-order valence-electron chi connectivity index (χ3n) is 7.08. The SMILES string of the molecule is CN=C1C(=O)C(Cc2cc(F)cc3c2OCCO3)c2cc(C(=O)CC3CCCCC3)ccc21. The zero-order valence-corrected chi connectivity index (χ0v) is 18.9. The van der Waals surface area contributed by atoms with Crippen molar-refractivity contribution < 1.29 is 23.5 Å². The van der Waals surface area contributed by atoms with Gasteiger partial charge in [-0.1, -0.05) is 44.2 Å². The molecule has 1 saturated carbocycles. The van der Waals surface area contributed by atoms with Crippen molar-refractivity contribution in [2.24, 2.45) is 10.9 Å². The molecule has 0 amide bonds. The molecule has 3 aliphatic rings. The second-order valence-electron chi connectivity index (χ2n) is 9.22. The molecule has 1 heterocycles. The maximum Gasteiger partial charge on any atom is 0.189 e. The van der Waals surface area contributed by atoms with Crippen LogP contribution in [0.5, 0.6) is 11.5 Å². The minimum absolute atomic E-state index is 0.112. The summed E-state index contributed by atoms with van der Waals surface area (Å²) < 4.78 is 25.6. The van der Waals surface area contributed by atoms with Gasteiger partial charge in [-0.3, -0.25) is 14.6 Å². The average molecular weight is 450 g/mol. The Morgan fingerprint density at radius 3 is 2.67 bits per heavy atom. The summed E-state index contributed by atoms with van der Waals surface area (Å²) in [6.07, 6.45) is 6.67. The highest BCUT2D eigenvalue weighted by Crippen LogP contribution is 2.41. The first-order valence-corrected chi connectivity index (χ1v) is 11.8. The van der Waals surface area contributed by atoms with Gasteiger partial charge >= 0.3 is 0 Å². The van der Waals surface area contributed by atoms with Gasteiger partial charge in [-0.2, -0.15) is 0 Å². The summed E-state index contributed by atoms with van der Waals surface area (Å²) in [6.45, 7) is 0.739. The van der Waals surface area contributed by atoms with Crippen LogP contribution in [0.4, 0.5) is 4.39 Å². The Hall–Kier alpha value is -3.02. The van der Waals surface area contributed by atoms with E-state index in [2.05, 4.69) is 4.99 Å². The molecule has 0 bridgehead atoms. The molecule has 1 atom stereocenters. The zero-order chi connectivity index (χ0) is 22.9. The van der Waals surface area contributed by atoms with E-state index in [-0.39, 0.29) is 18.0 Å². The lowest BCUT2D eigenvalue weighted by Crippen LogP contribution is -2.19. The number of ether oxygens (including phenoxy) is 2. The predicted octanol–water partition coefficient (Wildman–Crippen LogP) is 5.08. The van der Waals surface area contributed by atoms with Crippen molar-refractivity contribution in [2.45, 2.75) is 50.9 Å². The minimum atomic E-state index is -0.544. The number of halogens is 1. The van der Waals surface area contributed by atoms with Crippen LogP contribution in [0.2, 0.25) is 0 Å². The highest BCUT2D eigenvalue weighted by Gasteiger charge is 2.38. The molecule has 5 rings (SSSR count). The van der Waals surface area contributed by atoms with Gasteiger partial charge in [0.05, 0.1) is 5.92 Å². The van der Waals surface area contributed by atoms with Gasteiger partial charge in [0.15, 0.2) is 23.1 Å². The fourth-order valence-electron chi connectivity index (χ4n) is 5.44. The highest BCUT2D eigenvalue weighted by atomic mass is 19.1. The van der Waals surface area contributed by atoms with Crippen molar-refractivity contribution in [3.63, 3.8) is 0 Å². The Kier molecular flexibility index (Phi) is 6.00. The third kappa shape index (κ3) is 4.19. The summed E-state index contributed by atoms with van der Waals surface area (Å²) in [4.78, 5) is 30.5. The molecule has 0 radical (unpaired) electrons. The number of nitrogens with zero attached hydrogens (tertiary/aromatic N) is 1. The number of carbonyl (C=O) groups is 2. The van der Waals surface area contributed by atoms with Crippen molar-refractivity contribution in [3.8, 4) is 11.5 Å². The van der Waals surface area contributed by atoms with Gasteiger partial charge in [-0.15, -0.1) is 0 Å². The van der Waals surface area contributed by atoms with Crippen LogP contribution in [0.15, 0.2) is 35.3 Å². The molecule has 2 aromatic rings. The number of aliphatic imine (C=N–C) groups is 1. The molecule has 33 heavy (non-hydrogen) atoms. The van der Waals surface area contributed by atoms with Crippen LogP contribution in [-0.2, 0) is 11.2 Å². The highest BCUT2D eigenvalue weighted by molar-refractivity contribution is 6.51. The second-order valence-corrected chi connectivity index (χ2v) is 9.22. The van der Waals surface area contributed by atoms with Crippen molar-refractivity contribution in [1.29, 1.82) is 0 Å². The number of rotatable bonds is 5. The average Bonchev–Trinajstić information content (AvgIpc) is 3.09. The number of hydrogen-bond donors (Lipinski definition) is 0. The first kappa shape index (κ1) is 21.8. The molecule has 172 valence electrons. The third-order valence-corrected chi connectivity index (χ3v) is 7.08. The molecule has 0 saturated heterocycles. The fourth-order valence-corrected chi connectivity index (χ4v) is 5.44. The molecule has 1 fully saturated rings. The van der Waals surface area contributed by atoms with Gasteiger partial charge in [-0.05, 0) is 30.0 Å². The van der Waals surface area contributed by atoms with Crippen molar-refractivity contribution in [3.05, 3.63) is 58.4 Å². The largest absolute Gasteiger partial charge is 0.486 e. The quantitative estimate of drug-likeness (QED) is 0.598. The summed E-state index contributed by atoms with van der Waals surface area (Å²) in [7, 11) is 1.60. The minimum Gasteiger partial charge on any atom is -0.486 e. The fraction of sp³-hybridized carbons (Fsp3) is 0.444. The molecule has 0 N–H and O–H groups in total. The van der Waals surface area contributed by atoms with Crippen molar-refractivity contribution >= 4 is 17.3 Å². The number of fused-ring (bicyclic) bond motifs is 2. The molecule has 5 nitrogen and oxygen atoms in total. The zero-order valence-electron chi connectivity index (χ0n) is 18.9. The maximum absolute atomic E-state index is 14.3. The Morgan fingerprint density at radius 2 is 1.88 bits per heavy atom. The first-order chi connectivity index (χ1) is 16.0. The second kappa shape index (κ2) is 9.08. The maximum atomic E-state index is 14.3.